The first-order valence-electron chi connectivity index (χ1n) is 10.5. The number of allylic oxidation sites excluding steroid dienone is 1. The fourth-order valence-electron chi connectivity index (χ4n) is 3.36. The second-order valence-electron chi connectivity index (χ2n) is 8.03. The Bertz CT molecular complexity index is 962. The number of halogens is 2. The van der Waals surface area contributed by atoms with Gasteiger partial charge in [0.2, 0.25) is 0 Å². The molecule has 172 valence electrons. The van der Waals surface area contributed by atoms with Gasteiger partial charge in [0.25, 0.3) is 5.91 Å². The van der Waals surface area contributed by atoms with Gasteiger partial charge in [-0.05, 0) is 43.7 Å². The van der Waals surface area contributed by atoms with Crippen LogP contribution in [0.15, 0.2) is 48.0 Å². The highest BCUT2D eigenvalue weighted by Gasteiger charge is 2.22. The maximum atomic E-state index is 13.1. The number of nitrogens with one attached hydrogen (secondary N) is 1. The van der Waals surface area contributed by atoms with E-state index in [1.54, 1.807) is 18.2 Å². The lowest BCUT2D eigenvalue weighted by molar-refractivity contribution is -0.0292. The molecule has 0 aliphatic carbocycles. The van der Waals surface area contributed by atoms with Gasteiger partial charge in [-0.3, -0.25) is 9.69 Å². The molecule has 0 bridgehead atoms. The normalized spacial score (nSPS) is 16.4. The number of morpholine rings is 1. The summed E-state index contributed by atoms with van der Waals surface area (Å²) in [4.78, 5) is 15.1. The van der Waals surface area contributed by atoms with Crippen LogP contribution in [0.5, 0.6) is 5.75 Å². The second-order valence-corrected chi connectivity index (χ2v) is 8.43. The molecule has 1 heterocycles. The molecule has 1 atom stereocenters. The smallest absolute Gasteiger partial charge is 0.255 e. The molecule has 3 N–H and O–H groups in total. The zero-order valence-electron chi connectivity index (χ0n) is 18.4. The number of hydrogen-bond acceptors (Lipinski definition) is 5. The predicted molar refractivity (Wildman–Crippen MR) is 125 cm³/mol. The van der Waals surface area contributed by atoms with Gasteiger partial charge in [-0.15, -0.1) is 0 Å². The molecular formula is C24H29ClFN3O3. The van der Waals surface area contributed by atoms with Gasteiger partial charge in [-0.2, -0.15) is 0 Å². The average Bonchev–Trinajstić information content (AvgIpc) is 2.76. The van der Waals surface area contributed by atoms with Gasteiger partial charge in [0.05, 0.1) is 29.0 Å². The fourth-order valence-corrected chi connectivity index (χ4v) is 3.53. The van der Waals surface area contributed by atoms with Crippen molar-refractivity contribution in [2.75, 3.05) is 38.6 Å². The lowest BCUT2D eigenvalue weighted by Gasteiger charge is -2.33. The Morgan fingerprint density at radius 1 is 1.34 bits per heavy atom. The van der Waals surface area contributed by atoms with Crippen LogP contribution in [0.2, 0.25) is 5.02 Å². The number of carbonyl (C=O) groups is 1. The van der Waals surface area contributed by atoms with Gasteiger partial charge in [0, 0.05) is 32.2 Å². The second kappa shape index (κ2) is 11.3. The van der Waals surface area contributed by atoms with Crippen LogP contribution >= 0.6 is 11.6 Å². The van der Waals surface area contributed by atoms with Crippen LogP contribution in [-0.2, 0) is 11.3 Å². The average molecular weight is 462 g/mol. The van der Waals surface area contributed by atoms with Gasteiger partial charge in [-0.25, -0.2) is 4.39 Å². The van der Waals surface area contributed by atoms with Crippen molar-refractivity contribution in [2.45, 2.75) is 26.5 Å². The summed E-state index contributed by atoms with van der Waals surface area (Å²) in [5.74, 6) is -0.175. The van der Waals surface area contributed by atoms with Crippen molar-refractivity contribution in [1.29, 1.82) is 0 Å². The number of nitrogens with two attached hydrogens (primary N) is 1. The molecule has 32 heavy (non-hydrogen) atoms. The van der Waals surface area contributed by atoms with E-state index in [2.05, 4.69) is 10.2 Å². The molecule has 3 rings (SSSR count). The van der Waals surface area contributed by atoms with Gasteiger partial charge < -0.3 is 20.5 Å². The highest BCUT2D eigenvalue weighted by molar-refractivity contribution is 6.33. The molecule has 0 saturated carbocycles. The predicted octanol–water partition coefficient (Wildman–Crippen LogP) is 4.04. The van der Waals surface area contributed by atoms with Gasteiger partial charge in [-0.1, -0.05) is 29.3 Å². The topological polar surface area (TPSA) is 76.8 Å². The summed E-state index contributed by atoms with van der Waals surface area (Å²) in [6.07, 6.45) is 1.75. The van der Waals surface area contributed by atoms with E-state index >= 15 is 0 Å². The third kappa shape index (κ3) is 6.95. The Morgan fingerprint density at radius 3 is 2.81 bits per heavy atom. The van der Waals surface area contributed by atoms with Crippen molar-refractivity contribution in [3.8, 4) is 5.75 Å². The number of anilines is 1. The van der Waals surface area contributed by atoms with Crippen molar-refractivity contribution in [1.82, 2.24) is 10.2 Å². The number of benzene rings is 2. The molecule has 6 nitrogen and oxygen atoms in total. The third-order valence-corrected chi connectivity index (χ3v) is 5.43. The minimum atomic E-state index is -0.307. The SMILES string of the molecule is CC(C)=CCOc1cc(N)c(Cl)cc1C(=O)NCC1CN(Cc2ccc(F)cc2)CCO1. The number of ether oxygens (including phenoxy) is 2. The molecule has 1 saturated heterocycles. The van der Waals surface area contributed by atoms with Crippen LogP contribution in [0.3, 0.4) is 0 Å². The summed E-state index contributed by atoms with van der Waals surface area (Å²) >= 11 is 6.14. The Kier molecular flexibility index (Phi) is 8.50. The van der Waals surface area contributed by atoms with Gasteiger partial charge in [0.1, 0.15) is 18.2 Å². The van der Waals surface area contributed by atoms with E-state index in [0.717, 1.165) is 17.7 Å². The minimum absolute atomic E-state index is 0.160. The number of nitrogen functional groups attached to an aromatic ring is 1. The molecule has 0 radical (unpaired) electrons. The number of hydrogen-bond donors (Lipinski definition) is 2. The first-order valence-corrected chi connectivity index (χ1v) is 10.9. The number of carbonyl (C=O) groups excluding carboxylic acids is 1. The lowest BCUT2D eigenvalue weighted by Crippen LogP contribution is -2.47. The number of amides is 1. The molecule has 1 aliphatic rings. The van der Waals surface area contributed by atoms with Crippen LogP contribution in [-0.4, -0.2) is 49.8 Å². The van der Waals surface area contributed by atoms with Gasteiger partial charge in [0.15, 0.2) is 0 Å². The summed E-state index contributed by atoms with van der Waals surface area (Å²) in [6, 6.07) is 9.57. The van der Waals surface area contributed by atoms with Crippen molar-refractivity contribution < 1.29 is 18.7 Å². The molecule has 2 aromatic rings. The maximum Gasteiger partial charge on any atom is 0.255 e. The van der Waals surface area contributed by atoms with E-state index in [9.17, 15) is 9.18 Å². The number of rotatable bonds is 8. The highest BCUT2D eigenvalue weighted by Crippen LogP contribution is 2.29. The van der Waals surface area contributed by atoms with Crippen molar-refractivity contribution in [3.05, 3.63) is 70.0 Å². The van der Waals surface area contributed by atoms with E-state index in [1.165, 1.54) is 18.2 Å². The molecule has 0 spiro atoms. The van der Waals surface area contributed by atoms with Crippen molar-refractivity contribution in [3.63, 3.8) is 0 Å². The molecule has 2 aromatic carbocycles. The van der Waals surface area contributed by atoms with Crippen LogP contribution in [0.4, 0.5) is 10.1 Å². The zero-order valence-corrected chi connectivity index (χ0v) is 19.1. The maximum absolute atomic E-state index is 13.1. The number of nitrogens with zero attached hydrogens (tertiary/aromatic N) is 1. The van der Waals surface area contributed by atoms with Crippen LogP contribution < -0.4 is 15.8 Å². The lowest BCUT2D eigenvalue weighted by atomic mass is 10.1. The summed E-state index contributed by atoms with van der Waals surface area (Å²) in [5.41, 5.74) is 8.71. The van der Waals surface area contributed by atoms with E-state index < -0.39 is 0 Å². The summed E-state index contributed by atoms with van der Waals surface area (Å²) in [5, 5.41) is 3.21. The summed E-state index contributed by atoms with van der Waals surface area (Å²) in [6.45, 7) is 7.30. The Labute approximate surface area is 193 Å². The molecular weight excluding hydrogens is 433 g/mol. The molecule has 0 aromatic heterocycles. The first kappa shape index (κ1) is 24.0. The summed E-state index contributed by atoms with van der Waals surface area (Å²) in [7, 11) is 0. The third-order valence-electron chi connectivity index (χ3n) is 5.11. The van der Waals surface area contributed by atoms with Crippen molar-refractivity contribution in [2.24, 2.45) is 0 Å². The van der Waals surface area contributed by atoms with Crippen LogP contribution in [0, 0.1) is 5.82 Å². The Hall–Kier alpha value is -2.61. The quantitative estimate of drug-likeness (QED) is 0.458. The van der Waals surface area contributed by atoms with E-state index in [-0.39, 0.29) is 17.8 Å². The molecule has 1 aliphatic heterocycles. The highest BCUT2D eigenvalue weighted by atomic mass is 35.5. The monoisotopic (exact) mass is 461 g/mol. The van der Waals surface area contributed by atoms with Crippen LogP contribution in [0.25, 0.3) is 0 Å². The van der Waals surface area contributed by atoms with Crippen LogP contribution in [0.1, 0.15) is 29.8 Å². The molecule has 1 fully saturated rings. The largest absolute Gasteiger partial charge is 0.489 e. The Balaban J connectivity index is 1.59. The molecule has 1 amide bonds. The standard InChI is InChI=1S/C24H29ClFN3O3/c1-16(2)7-9-32-23-12-22(27)21(25)11-20(23)24(30)28-13-19-15-29(8-10-31-19)14-17-3-5-18(26)6-4-17/h3-7,11-12,19H,8-10,13-15,27H2,1-2H3,(H,28,30). The molecule has 1 unspecified atom stereocenters. The van der Waals surface area contributed by atoms with Crippen molar-refractivity contribution >= 4 is 23.2 Å². The fraction of sp³-hybridized carbons (Fsp3) is 0.375. The van der Waals surface area contributed by atoms with Gasteiger partial charge >= 0.3 is 0 Å². The zero-order chi connectivity index (χ0) is 23.1. The minimum Gasteiger partial charge on any atom is -0.489 e. The summed E-state index contributed by atoms with van der Waals surface area (Å²) < 4.78 is 24.7. The van der Waals surface area contributed by atoms with E-state index in [1.807, 2.05) is 19.9 Å². The van der Waals surface area contributed by atoms with E-state index in [4.69, 9.17) is 26.8 Å². The molecule has 8 heteroatoms. The Morgan fingerprint density at radius 2 is 2.09 bits per heavy atom. The first-order chi connectivity index (χ1) is 15.3. The van der Waals surface area contributed by atoms with E-state index in [0.29, 0.717) is 54.9 Å².